The molecular formula is C29H33FN2O2S. The monoisotopic (exact) mass is 492 g/mol. The largest absolute Gasteiger partial charge is 0.354 e. The third-order valence-corrected chi connectivity index (χ3v) is 6.69. The molecule has 4 nitrogen and oxygen atoms in total. The molecule has 0 aliphatic rings. The van der Waals surface area contributed by atoms with Gasteiger partial charge in [-0.15, -0.1) is 11.8 Å². The van der Waals surface area contributed by atoms with Crippen molar-refractivity contribution in [1.82, 2.24) is 10.2 Å². The van der Waals surface area contributed by atoms with Crippen LogP contribution in [0.2, 0.25) is 0 Å². The molecule has 2 amide bonds. The maximum atomic E-state index is 13.5. The van der Waals surface area contributed by atoms with Crippen molar-refractivity contribution in [3.63, 3.8) is 0 Å². The number of hydrogen-bond donors (Lipinski definition) is 1. The van der Waals surface area contributed by atoms with E-state index in [0.717, 1.165) is 29.5 Å². The topological polar surface area (TPSA) is 49.4 Å². The number of benzene rings is 3. The van der Waals surface area contributed by atoms with E-state index in [1.54, 1.807) is 17.0 Å². The van der Waals surface area contributed by atoms with E-state index in [-0.39, 0.29) is 29.9 Å². The molecule has 1 N–H and O–H groups in total. The molecule has 0 aliphatic heterocycles. The van der Waals surface area contributed by atoms with Gasteiger partial charge in [0, 0.05) is 25.3 Å². The van der Waals surface area contributed by atoms with Crippen molar-refractivity contribution < 1.29 is 14.0 Å². The standard InChI is InChI=1S/C29H33FN2O2S/c1-2-3-18-31-29(34)27(19-23-10-6-4-7-11-23)32(20-24-14-16-26(30)17-15-24)28(33)22-35-21-25-12-8-5-9-13-25/h4-17,27H,2-3,18-22H2,1H3,(H,31,34). The lowest BCUT2D eigenvalue weighted by molar-refractivity contribution is -0.139. The highest BCUT2D eigenvalue weighted by Crippen LogP contribution is 2.19. The Morgan fingerprint density at radius 3 is 2.14 bits per heavy atom. The van der Waals surface area contributed by atoms with Gasteiger partial charge in [-0.25, -0.2) is 4.39 Å². The Bertz CT molecular complexity index is 1050. The number of unbranched alkanes of at least 4 members (excludes halogenated alkanes) is 1. The number of thioether (sulfide) groups is 1. The molecule has 3 rings (SSSR count). The molecule has 0 fully saturated rings. The van der Waals surface area contributed by atoms with Gasteiger partial charge < -0.3 is 10.2 Å². The molecule has 184 valence electrons. The fraction of sp³-hybridized carbons (Fsp3) is 0.310. The first-order valence-corrected chi connectivity index (χ1v) is 13.2. The van der Waals surface area contributed by atoms with Crippen molar-refractivity contribution in [2.45, 2.75) is 44.5 Å². The van der Waals surface area contributed by atoms with Gasteiger partial charge in [0.05, 0.1) is 5.75 Å². The van der Waals surface area contributed by atoms with Crippen LogP contribution in [0.3, 0.4) is 0 Å². The van der Waals surface area contributed by atoms with E-state index in [1.165, 1.54) is 23.9 Å². The summed E-state index contributed by atoms with van der Waals surface area (Å²) >= 11 is 1.53. The van der Waals surface area contributed by atoms with Crippen LogP contribution in [0.4, 0.5) is 4.39 Å². The molecule has 0 saturated heterocycles. The minimum Gasteiger partial charge on any atom is -0.354 e. The predicted octanol–water partition coefficient (Wildman–Crippen LogP) is 5.62. The van der Waals surface area contributed by atoms with E-state index in [4.69, 9.17) is 0 Å². The first kappa shape index (κ1) is 26.5. The molecule has 1 atom stereocenters. The molecular weight excluding hydrogens is 459 g/mol. The van der Waals surface area contributed by atoms with Crippen LogP contribution in [-0.4, -0.2) is 35.1 Å². The number of hydrogen-bond acceptors (Lipinski definition) is 3. The maximum Gasteiger partial charge on any atom is 0.243 e. The van der Waals surface area contributed by atoms with Crippen molar-refractivity contribution in [2.24, 2.45) is 0 Å². The number of carbonyl (C=O) groups excluding carboxylic acids is 2. The molecule has 6 heteroatoms. The number of rotatable bonds is 13. The summed E-state index contributed by atoms with van der Waals surface area (Å²) in [4.78, 5) is 28.5. The van der Waals surface area contributed by atoms with Gasteiger partial charge in [-0.3, -0.25) is 9.59 Å². The van der Waals surface area contributed by atoms with Gasteiger partial charge in [0.25, 0.3) is 0 Å². The molecule has 0 saturated carbocycles. The zero-order valence-electron chi connectivity index (χ0n) is 20.2. The smallest absolute Gasteiger partial charge is 0.243 e. The van der Waals surface area contributed by atoms with E-state index in [0.29, 0.717) is 18.7 Å². The second kappa shape index (κ2) is 14.3. The molecule has 3 aromatic carbocycles. The number of carbonyl (C=O) groups is 2. The van der Waals surface area contributed by atoms with E-state index < -0.39 is 6.04 Å². The lowest BCUT2D eigenvalue weighted by Crippen LogP contribution is -2.51. The van der Waals surface area contributed by atoms with Gasteiger partial charge in [-0.1, -0.05) is 86.1 Å². The molecule has 35 heavy (non-hydrogen) atoms. The summed E-state index contributed by atoms with van der Waals surface area (Å²) in [7, 11) is 0. The quantitative estimate of drug-likeness (QED) is 0.315. The van der Waals surface area contributed by atoms with E-state index in [9.17, 15) is 14.0 Å². The molecule has 3 aromatic rings. The van der Waals surface area contributed by atoms with Gasteiger partial charge in [0.15, 0.2) is 0 Å². The fourth-order valence-electron chi connectivity index (χ4n) is 3.76. The summed E-state index contributed by atoms with van der Waals surface area (Å²) in [6.45, 7) is 2.88. The van der Waals surface area contributed by atoms with Crippen molar-refractivity contribution in [2.75, 3.05) is 12.3 Å². The van der Waals surface area contributed by atoms with Crippen molar-refractivity contribution in [3.8, 4) is 0 Å². The third-order valence-electron chi connectivity index (χ3n) is 5.70. The molecule has 0 aromatic heterocycles. The van der Waals surface area contributed by atoms with Crippen LogP contribution in [-0.2, 0) is 28.3 Å². The van der Waals surface area contributed by atoms with Crippen LogP contribution in [0.1, 0.15) is 36.5 Å². The Morgan fingerprint density at radius 2 is 1.51 bits per heavy atom. The zero-order chi connectivity index (χ0) is 24.9. The second-order valence-electron chi connectivity index (χ2n) is 8.48. The van der Waals surface area contributed by atoms with Gasteiger partial charge in [0.2, 0.25) is 11.8 Å². The van der Waals surface area contributed by atoms with Gasteiger partial charge in [0.1, 0.15) is 11.9 Å². The average molecular weight is 493 g/mol. The summed E-state index contributed by atoms with van der Waals surface area (Å²) in [5.74, 6) is 0.364. The Morgan fingerprint density at radius 1 is 0.886 bits per heavy atom. The van der Waals surface area contributed by atoms with Crippen molar-refractivity contribution >= 4 is 23.6 Å². The fourth-order valence-corrected chi connectivity index (χ4v) is 4.63. The van der Waals surface area contributed by atoms with Gasteiger partial charge >= 0.3 is 0 Å². The van der Waals surface area contributed by atoms with Crippen LogP contribution in [0.15, 0.2) is 84.9 Å². The number of halogens is 1. The van der Waals surface area contributed by atoms with Crippen LogP contribution >= 0.6 is 11.8 Å². The Hall–Kier alpha value is -3.12. The summed E-state index contributed by atoms with van der Waals surface area (Å²) < 4.78 is 13.5. The predicted molar refractivity (Wildman–Crippen MR) is 141 cm³/mol. The third kappa shape index (κ3) is 8.87. The van der Waals surface area contributed by atoms with Crippen LogP contribution < -0.4 is 5.32 Å². The van der Waals surface area contributed by atoms with Crippen LogP contribution in [0.5, 0.6) is 0 Å². The van der Waals surface area contributed by atoms with Crippen LogP contribution in [0.25, 0.3) is 0 Å². The molecule has 0 bridgehead atoms. The average Bonchev–Trinajstić information content (AvgIpc) is 2.88. The maximum absolute atomic E-state index is 13.5. The van der Waals surface area contributed by atoms with Gasteiger partial charge in [-0.2, -0.15) is 0 Å². The summed E-state index contributed by atoms with van der Waals surface area (Å²) in [6, 6.07) is 25.2. The first-order chi connectivity index (χ1) is 17.1. The molecule has 0 spiro atoms. The lowest BCUT2D eigenvalue weighted by atomic mass is 10.0. The lowest BCUT2D eigenvalue weighted by Gasteiger charge is -2.31. The summed E-state index contributed by atoms with van der Waals surface area (Å²) in [5.41, 5.74) is 2.91. The van der Waals surface area contributed by atoms with E-state index in [1.807, 2.05) is 60.7 Å². The number of nitrogens with one attached hydrogen (secondary N) is 1. The Kier molecular flexibility index (Phi) is 10.8. The van der Waals surface area contributed by atoms with E-state index >= 15 is 0 Å². The van der Waals surface area contributed by atoms with Crippen LogP contribution in [0, 0.1) is 5.82 Å². The summed E-state index contributed by atoms with van der Waals surface area (Å²) in [6.07, 6.45) is 2.26. The second-order valence-corrected chi connectivity index (χ2v) is 9.46. The van der Waals surface area contributed by atoms with Crippen molar-refractivity contribution in [1.29, 1.82) is 0 Å². The van der Waals surface area contributed by atoms with Gasteiger partial charge in [-0.05, 0) is 35.2 Å². The molecule has 0 heterocycles. The number of nitrogens with zero attached hydrogens (tertiary/aromatic N) is 1. The zero-order valence-corrected chi connectivity index (χ0v) is 21.0. The molecule has 0 radical (unpaired) electrons. The van der Waals surface area contributed by atoms with E-state index in [2.05, 4.69) is 12.2 Å². The Labute approximate surface area is 211 Å². The summed E-state index contributed by atoms with van der Waals surface area (Å²) in [5, 5.41) is 3.02. The minimum atomic E-state index is -0.663. The minimum absolute atomic E-state index is 0.109. The highest BCUT2D eigenvalue weighted by atomic mass is 32.2. The molecule has 1 unspecified atom stereocenters. The SMILES string of the molecule is CCCCNC(=O)C(Cc1ccccc1)N(Cc1ccc(F)cc1)C(=O)CSCc1ccccc1. The normalized spacial score (nSPS) is 11.6. The first-order valence-electron chi connectivity index (χ1n) is 12.0. The Balaban J connectivity index is 1.82. The highest BCUT2D eigenvalue weighted by Gasteiger charge is 2.30. The van der Waals surface area contributed by atoms with Crippen molar-refractivity contribution in [3.05, 3.63) is 107 Å². The highest BCUT2D eigenvalue weighted by molar-refractivity contribution is 7.99. The number of amides is 2. The molecule has 0 aliphatic carbocycles.